The summed E-state index contributed by atoms with van der Waals surface area (Å²) < 4.78 is 0.917. The predicted octanol–water partition coefficient (Wildman–Crippen LogP) is 4.77. The largest absolute Gasteiger partial charge is 0.308 e. The molecule has 1 aromatic heterocycles. The van der Waals surface area contributed by atoms with Crippen LogP contribution in [0.4, 0.5) is 10.8 Å². The Labute approximate surface area is 183 Å². The van der Waals surface area contributed by atoms with Crippen molar-refractivity contribution in [1.82, 2.24) is 9.88 Å². The lowest BCUT2D eigenvalue weighted by molar-refractivity contribution is -0.384. The lowest BCUT2D eigenvalue weighted by Crippen LogP contribution is -2.35. The fourth-order valence-electron chi connectivity index (χ4n) is 2.86. The van der Waals surface area contributed by atoms with E-state index in [1.165, 1.54) is 29.5 Å². The van der Waals surface area contributed by atoms with Gasteiger partial charge in [-0.2, -0.15) is 0 Å². The maximum Gasteiger partial charge on any atom is 0.270 e. The van der Waals surface area contributed by atoms with E-state index in [1.807, 2.05) is 38.1 Å². The Morgan fingerprint density at radius 1 is 1.27 bits per heavy atom. The Balaban J connectivity index is 1.91. The molecule has 0 unspecified atom stereocenters. The van der Waals surface area contributed by atoms with E-state index in [-0.39, 0.29) is 11.6 Å². The van der Waals surface area contributed by atoms with Crippen molar-refractivity contribution in [2.24, 2.45) is 0 Å². The van der Waals surface area contributed by atoms with Gasteiger partial charge in [-0.3, -0.25) is 19.8 Å². The highest BCUT2D eigenvalue weighted by Gasteiger charge is 2.19. The molecule has 0 bridgehead atoms. The summed E-state index contributed by atoms with van der Waals surface area (Å²) in [6.45, 7) is 3.05. The number of hydrogen-bond donors (Lipinski definition) is 0. The first-order valence-corrected chi connectivity index (χ1v) is 10.4. The molecule has 0 saturated carbocycles. The second-order valence-corrected chi connectivity index (χ2v) is 8.49. The number of nitro groups is 1. The first kappa shape index (κ1) is 21.9. The van der Waals surface area contributed by atoms with E-state index in [2.05, 4.69) is 4.98 Å². The van der Waals surface area contributed by atoms with Crippen molar-refractivity contribution >= 4 is 56.0 Å². The van der Waals surface area contributed by atoms with Gasteiger partial charge in [0.2, 0.25) is 0 Å². The van der Waals surface area contributed by atoms with Gasteiger partial charge in [-0.05, 0) is 50.4 Å². The van der Waals surface area contributed by atoms with E-state index in [0.717, 1.165) is 15.8 Å². The summed E-state index contributed by atoms with van der Waals surface area (Å²) in [7, 11) is 3.87. The van der Waals surface area contributed by atoms with E-state index in [1.54, 1.807) is 23.1 Å². The maximum absolute atomic E-state index is 13.0. The van der Waals surface area contributed by atoms with Crippen LogP contribution >= 0.6 is 22.9 Å². The monoisotopic (exact) mass is 444 g/mol. The molecule has 0 atom stereocenters. The van der Waals surface area contributed by atoms with Crippen LogP contribution in [0.3, 0.4) is 0 Å². The third-order valence-corrected chi connectivity index (χ3v) is 5.65. The van der Waals surface area contributed by atoms with Crippen LogP contribution in [0, 0.1) is 17.0 Å². The number of aromatic nitrogens is 1. The zero-order valence-corrected chi connectivity index (χ0v) is 18.4. The molecule has 0 aliphatic heterocycles. The Morgan fingerprint density at radius 2 is 2.03 bits per heavy atom. The summed E-state index contributed by atoms with van der Waals surface area (Å²) in [5.74, 6) is -0.244. The van der Waals surface area contributed by atoms with Crippen LogP contribution in [0.1, 0.15) is 11.1 Å². The van der Waals surface area contributed by atoms with Crippen molar-refractivity contribution in [3.8, 4) is 0 Å². The summed E-state index contributed by atoms with van der Waals surface area (Å²) in [6, 6.07) is 9.84. The summed E-state index contributed by atoms with van der Waals surface area (Å²) in [5.41, 5.74) is 2.33. The standard InChI is InChI=1S/C21H21ClN4O3S/c1-14-11-16(22)13-18-20(14)23-21(30-18)25(10-9-24(2)3)19(27)8-7-15-5-4-6-17(12-15)26(28)29/h4-8,11-13H,9-10H2,1-3H3. The second-order valence-electron chi connectivity index (χ2n) is 7.04. The van der Waals surface area contributed by atoms with Crippen LogP contribution in [0.5, 0.6) is 0 Å². The number of benzene rings is 2. The van der Waals surface area contributed by atoms with Gasteiger partial charge in [-0.1, -0.05) is 35.1 Å². The molecule has 9 heteroatoms. The highest BCUT2D eigenvalue weighted by Crippen LogP contribution is 2.33. The van der Waals surface area contributed by atoms with Crippen LogP contribution in [0.25, 0.3) is 16.3 Å². The van der Waals surface area contributed by atoms with Gasteiger partial charge in [-0.25, -0.2) is 4.98 Å². The van der Waals surface area contributed by atoms with Crippen LogP contribution in [0.2, 0.25) is 5.02 Å². The van der Waals surface area contributed by atoms with Gasteiger partial charge in [0.05, 0.1) is 15.1 Å². The lowest BCUT2D eigenvalue weighted by Gasteiger charge is -2.20. The summed E-state index contributed by atoms with van der Waals surface area (Å²) in [6.07, 6.45) is 2.99. The van der Waals surface area contributed by atoms with E-state index in [4.69, 9.17) is 11.6 Å². The summed E-state index contributed by atoms with van der Waals surface area (Å²) >= 11 is 7.57. The minimum Gasteiger partial charge on any atom is -0.308 e. The maximum atomic E-state index is 13.0. The number of carbonyl (C=O) groups is 1. The molecule has 0 aliphatic carbocycles. The first-order valence-electron chi connectivity index (χ1n) is 9.20. The highest BCUT2D eigenvalue weighted by molar-refractivity contribution is 7.22. The molecule has 1 amide bonds. The van der Waals surface area contributed by atoms with Crippen molar-refractivity contribution in [2.45, 2.75) is 6.92 Å². The molecule has 0 fully saturated rings. The molecular formula is C21H21ClN4O3S. The van der Waals surface area contributed by atoms with E-state index < -0.39 is 4.92 Å². The molecule has 7 nitrogen and oxygen atoms in total. The van der Waals surface area contributed by atoms with Crippen molar-refractivity contribution < 1.29 is 9.72 Å². The number of likely N-dealkylation sites (N-methyl/N-ethyl adjacent to an activating group) is 1. The van der Waals surface area contributed by atoms with Crippen LogP contribution in [0.15, 0.2) is 42.5 Å². The number of amides is 1. The minimum atomic E-state index is -0.461. The topological polar surface area (TPSA) is 79.6 Å². The summed E-state index contributed by atoms with van der Waals surface area (Å²) in [5, 5.41) is 12.2. The number of anilines is 1. The van der Waals surface area contributed by atoms with Crippen LogP contribution in [-0.2, 0) is 4.79 Å². The van der Waals surface area contributed by atoms with Gasteiger partial charge in [0.1, 0.15) is 0 Å². The number of aryl methyl sites for hydroxylation is 1. The molecule has 3 rings (SSSR count). The number of hydrogen-bond acceptors (Lipinski definition) is 6. The zero-order chi connectivity index (χ0) is 21.8. The predicted molar refractivity (Wildman–Crippen MR) is 122 cm³/mol. The number of halogens is 1. The molecule has 0 N–H and O–H groups in total. The molecule has 3 aromatic rings. The van der Waals surface area contributed by atoms with E-state index in [9.17, 15) is 14.9 Å². The fraction of sp³-hybridized carbons (Fsp3) is 0.238. The van der Waals surface area contributed by atoms with Crippen molar-refractivity contribution in [2.75, 3.05) is 32.1 Å². The SMILES string of the molecule is Cc1cc(Cl)cc2sc(N(CCN(C)C)C(=O)C=Cc3cccc([N+](=O)[O-])c3)nc12. The summed E-state index contributed by atoms with van der Waals surface area (Å²) in [4.78, 5) is 31.8. The van der Waals surface area contributed by atoms with Gasteiger partial charge >= 0.3 is 0 Å². The quantitative estimate of drug-likeness (QED) is 0.298. The van der Waals surface area contributed by atoms with Crippen molar-refractivity contribution in [3.05, 3.63) is 68.7 Å². The molecule has 156 valence electrons. The molecule has 1 heterocycles. The molecule has 0 radical (unpaired) electrons. The van der Waals surface area contributed by atoms with Gasteiger partial charge < -0.3 is 4.90 Å². The molecule has 0 aliphatic rings. The number of thiazole rings is 1. The van der Waals surface area contributed by atoms with Gasteiger partial charge in [0.15, 0.2) is 5.13 Å². The molecule has 0 spiro atoms. The Kier molecular flexibility index (Phi) is 6.81. The van der Waals surface area contributed by atoms with Gasteiger partial charge in [-0.15, -0.1) is 0 Å². The number of carbonyl (C=O) groups excluding carboxylic acids is 1. The molecular weight excluding hydrogens is 424 g/mol. The third kappa shape index (κ3) is 5.21. The zero-order valence-electron chi connectivity index (χ0n) is 16.8. The van der Waals surface area contributed by atoms with E-state index in [0.29, 0.717) is 28.8 Å². The first-order chi connectivity index (χ1) is 14.2. The number of fused-ring (bicyclic) bond motifs is 1. The number of nitro benzene ring substituents is 1. The van der Waals surface area contributed by atoms with Crippen molar-refractivity contribution in [1.29, 1.82) is 0 Å². The number of non-ortho nitro benzene ring substituents is 1. The van der Waals surface area contributed by atoms with Gasteiger partial charge in [0.25, 0.3) is 11.6 Å². The Hall–Kier alpha value is -2.81. The fourth-order valence-corrected chi connectivity index (χ4v) is 4.31. The van der Waals surface area contributed by atoms with Crippen molar-refractivity contribution in [3.63, 3.8) is 0 Å². The Morgan fingerprint density at radius 3 is 2.73 bits per heavy atom. The average molecular weight is 445 g/mol. The molecule has 0 saturated heterocycles. The van der Waals surface area contributed by atoms with Gasteiger partial charge in [0, 0.05) is 36.3 Å². The smallest absolute Gasteiger partial charge is 0.270 e. The minimum absolute atomic E-state index is 0.0208. The molecule has 30 heavy (non-hydrogen) atoms. The highest BCUT2D eigenvalue weighted by atomic mass is 35.5. The Bertz CT molecular complexity index is 1130. The number of rotatable bonds is 7. The lowest BCUT2D eigenvalue weighted by atomic mass is 10.2. The van der Waals surface area contributed by atoms with Crippen LogP contribution < -0.4 is 4.90 Å². The number of nitrogens with zero attached hydrogens (tertiary/aromatic N) is 4. The van der Waals surface area contributed by atoms with E-state index >= 15 is 0 Å². The average Bonchev–Trinajstić information content (AvgIpc) is 3.10. The second kappa shape index (κ2) is 9.34. The van der Waals surface area contributed by atoms with Crippen LogP contribution in [-0.4, -0.2) is 47.9 Å². The normalized spacial score (nSPS) is 11.5. The molecule has 2 aromatic carbocycles. The third-order valence-electron chi connectivity index (χ3n) is 4.41.